The van der Waals surface area contributed by atoms with Gasteiger partial charge in [0.1, 0.15) is 5.75 Å². The van der Waals surface area contributed by atoms with Gasteiger partial charge in [0.05, 0.1) is 17.8 Å². The first-order valence-corrected chi connectivity index (χ1v) is 9.07. The fourth-order valence-electron chi connectivity index (χ4n) is 2.65. The number of aliphatic imine (C=N–C) groups is 1. The highest BCUT2D eigenvalue weighted by molar-refractivity contribution is 14.1. The summed E-state index contributed by atoms with van der Waals surface area (Å²) in [5, 5.41) is 23.7. The number of anilines is 1. The number of aromatic hydroxyl groups is 2. The van der Waals surface area contributed by atoms with Crippen molar-refractivity contribution in [2.75, 3.05) is 5.32 Å². The van der Waals surface area contributed by atoms with Crippen molar-refractivity contribution in [3.8, 4) is 11.6 Å². The lowest BCUT2D eigenvalue weighted by Crippen LogP contribution is -2.08. The van der Waals surface area contributed by atoms with Gasteiger partial charge in [0.2, 0.25) is 11.8 Å². The summed E-state index contributed by atoms with van der Waals surface area (Å²) in [5.41, 5.74) is 1.10. The number of carbonyl (C=O) groups excluding carboxylic acids is 1. The second kappa shape index (κ2) is 7.78. The second-order valence-corrected chi connectivity index (χ2v) is 7.15. The molecule has 0 saturated carbocycles. The zero-order chi connectivity index (χ0) is 19.6. The first kappa shape index (κ1) is 18.9. The first-order chi connectivity index (χ1) is 12.8. The zero-order valence-electron chi connectivity index (χ0n) is 14.3. The van der Waals surface area contributed by atoms with Crippen molar-refractivity contribution in [2.45, 2.75) is 13.5 Å². The monoisotopic (exact) mass is 477 g/mol. The number of benzene rings is 2. The molecule has 1 heterocycles. The van der Waals surface area contributed by atoms with Crippen LogP contribution in [-0.4, -0.2) is 27.3 Å². The van der Waals surface area contributed by atoms with Crippen LogP contribution in [-0.2, 0) is 11.3 Å². The number of phenols is 1. The molecule has 4 N–H and O–H groups in total. The molecule has 1 amide bonds. The Hall–Kier alpha value is -2.88. The number of fused-ring (bicyclic) bond motifs is 1. The summed E-state index contributed by atoms with van der Waals surface area (Å²) >= 11 is 2.13. The van der Waals surface area contributed by atoms with Crippen LogP contribution in [0.1, 0.15) is 18.1 Å². The van der Waals surface area contributed by atoms with Gasteiger partial charge in [0.25, 0.3) is 5.56 Å². The van der Waals surface area contributed by atoms with Crippen LogP contribution in [0.15, 0.2) is 46.2 Å². The highest BCUT2D eigenvalue weighted by Gasteiger charge is 2.10. The number of nitrogens with zero attached hydrogens (tertiary/aromatic N) is 1. The molecule has 0 radical (unpaired) electrons. The van der Waals surface area contributed by atoms with E-state index in [1.165, 1.54) is 19.2 Å². The van der Waals surface area contributed by atoms with E-state index in [-0.39, 0.29) is 29.6 Å². The number of rotatable bonds is 4. The van der Waals surface area contributed by atoms with Crippen molar-refractivity contribution >= 4 is 51.2 Å². The van der Waals surface area contributed by atoms with Crippen molar-refractivity contribution in [3.05, 3.63) is 61.4 Å². The number of halogens is 1. The van der Waals surface area contributed by atoms with Gasteiger partial charge in [-0.1, -0.05) is 6.07 Å². The Morgan fingerprint density at radius 2 is 2.00 bits per heavy atom. The molecule has 0 aliphatic heterocycles. The molecule has 0 aliphatic rings. The van der Waals surface area contributed by atoms with Gasteiger partial charge in [-0.15, -0.1) is 0 Å². The molecule has 0 aliphatic carbocycles. The number of carbonyl (C=O) groups is 1. The lowest BCUT2D eigenvalue weighted by molar-refractivity contribution is -0.114. The van der Waals surface area contributed by atoms with Gasteiger partial charge in [-0.3, -0.25) is 19.6 Å². The van der Waals surface area contributed by atoms with Crippen LogP contribution in [0.25, 0.3) is 10.8 Å². The Morgan fingerprint density at radius 1 is 1.22 bits per heavy atom. The molecular weight excluding hydrogens is 461 g/mol. The normalized spacial score (nSPS) is 11.2. The average molecular weight is 477 g/mol. The molecular formula is C19H16IN3O4. The van der Waals surface area contributed by atoms with Crippen LogP contribution in [0.2, 0.25) is 0 Å². The highest BCUT2D eigenvalue weighted by Crippen LogP contribution is 2.25. The summed E-state index contributed by atoms with van der Waals surface area (Å²) in [6.45, 7) is 1.61. The molecule has 0 bridgehead atoms. The Balaban J connectivity index is 1.89. The molecule has 1 aromatic heterocycles. The van der Waals surface area contributed by atoms with Crippen LogP contribution in [0.4, 0.5) is 5.69 Å². The Kier molecular flexibility index (Phi) is 5.45. The van der Waals surface area contributed by atoms with Crippen molar-refractivity contribution in [1.29, 1.82) is 0 Å². The van der Waals surface area contributed by atoms with E-state index in [1.54, 1.807) is 24.3 Å². The summed E-state index contributed by atoms with van der Waals surface area (Å²) in [6.07, 6.45) is 1.49. The van der Waals surface area contributed by atoms with Crippen molar-refractivity contribution in [1.82, 2.24) is 4.98 Å². The Labute approximate surface area is 167 Å². The van der Waals surface area contributed by atoms with Crippen LogP contribution in [0.3, 0.4) is 0 Å². The number of H-pyrrole nitrogens is 1. The number of pyridine rings is 1. The van der Waals surface area contributed by atoms with Crippen molar-refractivity contribution in [2.24, 2.45) is 4.99 Å². The summed E-state index contributed by atoms with van der Waals surface area (Å²) in [5.74, 6) is -0.571. The molecule has 3 aromatic rings. The van der Waals surface area contributed by atoms with Crippen molar-refractivity contribution < 1.29 is 15.0 Å². The molecule has 0 unspecified atom stereocenters. The number of hydrogen-bond acceptors (Lipinski definition) is 5. The maximum atomic E-state index is 12.0. The molecule has 27 heavy (non-hydrogen) atoms. The number of phenolic OH excluding ortho intramolecular Hbond substituents is 1. The number of amides is 1. The van der Waals surface area contributed by atoms with Crippen LogP contribution < -0.4 is 10.9 Å². The first-order valence-electron chi connectivity index (χ1n) is 7.99. The van der Waals surface area contributed by atoms with Crippen LogP contribution >= 0.6 is 22.6 Å². The van der Waals surface area contributed by atoms with Gasteiger partial charge in [0.15, 0.2) is 0 Å². The topological polar surface area (TPSA) is 115 Å². The Bertz CT molecular complexity index is 1120. The smallest absolute Gasteiger partial charge is 0.258 e. The van der Waals surface area contributed by atoms with E-state index in [9.17, 15) is 19.8 Å². The number of aromatic amines is 1. The lowest BCUT2D eigenvalue weighted by Gasteiger charge is -2.07. The van der Waals surface area contributed by atoms with E-state index < -0.39 is 0 Å². The van der Waals surface area contributed by atoms with E-state index in [0.29, 0.717) is 22.0 Å². The third-order valence-electron chi connectivity index (χ3n) is 3.87. The van der Waals surface area contributed by atoms with E-state index in [0.717, 1.165) is 9.13 Å². The third kappa shape index (κ3) is 4.27. The molecule has 0 spiro atoms. The maximum absolute atomic E-state index is 12.0. The SMILES string of the molecule is CC(=O)Nc1ccc(CN=Cc2c(O)[nH]c(=O)c3ccc(I)cc23)cc1O. The van der Waals surface area contributed by atoms with Crippen LogP contribution in [0, 0.1) is 3.57 Å². The minimum Gasteiger partial charge on any atom is -0.506 e. The van der Waals surface area contributed by atoms with Gasteiger partial charge in [0, 0.05) is 27.5 Å². The predicted octanol–water partition coefficient (Wildman–Crippen LogP) is 3.12. The molecule has 7 nitrogen and oxygen atoms in total. The largest absolute Gasteiger partial charge is 0.506 e. The maximum Gasteiger partial charge on any atom is 0.258 e. The van der Waals surface area contributed by atoms with Gasteiger partial charge < -0.3 is 15.5 Å². The zero-order valence-corrected chi connectivity index (χ0v) is 16.4. The fraction of sp³-hybridized carbons (Fsp3) is 0.105. The molecule has 3 rings (SSSR count). The number of hydrogen-bond donors (Lipinski definition) is 4. The quantitative estimate of drug-likeness (QED) is 0.263. The van der Waals surface area contributed by atoms with E-state index in [2.05, 4.69) is 37.9 Å². The average Bonchev–Trinajstić information content (AvgIpc) is 2.59. The molecule has 0 saturated heterocycles. The minimum absolute atomic E-state index is 0.0511. The number of nitrogens with one attached hydrogen (secondary N) is 2. The molecule has 8 heteroatoms. The van der Waals surface area contributed by atoms with E-state index in [1.807, 2.05) is 6.07 Å². The molecule has 0 fully saturated rings. The summed E-state index contributed by atoms with van der Waals surface area (Å²) < 4.78 is 0.929. The van der Waals surface area contributed by atoms with Gasteiger partial charge in [-0.25, -0.2) is 0 Å². The van der Waals surface area contributed by atoms with Gasteiger partial charge in [-0.2, -0.15) is 0 Å². The van der Waals surface area contributed by atoms with Crippen LogP contribution in [0.5, 0.6) is 11.6 Å². The van der Waals surface area contributed by atoms with E-state index in [4.69, 9.17) is 0 Å². The van der Waals surface area contributed by atoms with Gasteiger partial charge in [-0.05, 0) is 58.5 Å². The summed E-state index contributed by atoms with van der Waals surface area (Å²) in [6, 6.07) is 10.2. The predicted molar refractivity (Wildman–Crippen MR) is 113 cm³/mol. The fourth-order valence-corrected chi connectivity index (χ4v) is 3.14. The Morgan fingerprint density at radius 3 is 2.70 bits per heavy atom. The summed E-state index contributed by atoms with van der Waals surface area (Å²) in [4.78, 5) is 29.8. The molecule has 0 atom stereocenters. The third-order valence-corrected chi connectivity index (χ3v) is 4.54. The minimum atomic E-state index is -0.366. The van der Waals surface area contributed by atoms with E-state index >= 15 is 0 Å². The molecule has 2 aromatic carbocycles. The van der Waals surface area contributed by atoms with Gasteiger partial charge >= 0.3 is 0 Å². The highest BCUT2D eigenvalue weighted by atomic mass is 127. The molecule has 138 valence electrons. The lowest BCUT2D eigenvalue weighted by atomic mass is 10.1. The summed E-state index contributed by atoms with van der Waals surface area (Å²) in [7, 11) is 0. The van der Waals surface area contributed by atoms with Crippen molar-refractivity contribution in [3.63, 3.8) is 0 Å². The number of aromatic nitrogens is 1. The second-order valence-electron chi connectivity index (χ2n) is 5.91. The standard InChI is InChI=1S/C19H16IN3O4/c1-10(24)22-16-5-2-11(6-17(16)25)8-21-9-15-14-7-12(20)3-4-13(14)18(26)23-19(15)27/h2-7,9,25H,8H2,1H3,(H,22,24)(H2,23,26,27).